The lowest BCUT2D eigenvalue weighted by atomic mass is 10.3. The Bertz CT molecular complexity index is 538. The van der Waals surface area contributed by atoms with Crippen LogP contribution in [0, 0.1) is 6.92 Å². The number of sulfonamides is 1. The summed E-state index contributed by atoms with van der Waals surface area (Å²) in [6, 6.07) is 1.64. The summed E-state index contributed by atoms with van der Waals surface area (Å²) in [4.78, 5) is 4.10. The average Bonchev–Trinajstić information content (AvgIpc) is 2.70. The summed E-state index contributed by atoms with van der Waals surface area (Å²) in [6.45, 7) is 7.17. The van der Waals surface area contributed by atoms with Crippen LogP contribution in [0.3, 0.4) is 0 Å². The van der Waals surface area contributed by atoms with Crippen LogP contribution >= 0.6 is 11.3 Å². The molecule has 0 aliphatic carbocycles. The molecule has 20 heavy (non-hydrogen) atoms. The molecule has 1 atom stereocenters. The van der Waals surface area contributed by atoms with Crippen molar-refractivity contribution in [1.29, 1.82) is 0 Å². The Hall–Kier alpha value is -0.470. The first kappa shape index (κ1) is 17.6. The third kappa shape index (κ3) is 3.79. The van der Waals surface area contributed by atoms with Crippen molar-refractivity contribution in [3.8, 4) is 0 Å². The minimum absolute atomic E-state index is 0.0689. The molecule has 0 amide bonds. The van der Waals surface area contributed by atoms with Crippen molar-refractivity contribution in [3.05, 3.63) is 15.8 Å². The van der Waals surface area contributed by atoms with Gasteiger partial charge in [-0.25, -0.2) is 8.42 Å². The van der Waals surface area contributed by atoms with Crippen LogP contribution in [0.4, 0.5) is 0 Å². The summed E-state index contributed by atoms with van der Waals surface area (Å²) in [5.41, 5.74) is 5.60. The summed E-state index contributed by atoms with van der Waals surface area (Å²) in [6.07, 6.45) is 0. The molecule has 5 nitrogen and oxygen atoms in total. The molecule has 2 N–H and O–H groups in total. The maximum Gasteiger partial charge on any atom is 0.244 e. The summed E-state index contributed by atoms with van der Waals surface area (Å²) in [5, 5.41) is 0. The van der Waals surface area contributed by atoms with Crippen molar-refractivity contribution in [1.82, 2.24) is 9.21 Å². The number of nitrogens with two attached hydrogens (primary N) is 1. The van der Waals surface area contributed by atoms with E-state index in [1.54, 1.807) is 10.4 Å². The topological polar surface area (TPSA) is 66.6 Å². The zero-order valence-electron chi connectivity index (χ0n) is 12.9. The van der Waals surface area contributed by atoms with Crippen LogP contribution in [0.1, 0.15) is 23.6 Å². The predicted molar refractivity (Wildman–Crippen MR) is 84.5 cm³/mol. The van der Waals surface area contributed by atoms with Gasteiger partial charge in [0.2, 0.25) is 10.0 Å². The van der Waals surface area contributed by atoms with E-state index < -0.39 is 10.0 Å². The number of hydrogen-bond acceptors (Lipinski definition) is 5. The molecule has 0 fully saturated rings. The molecule has 116 valence electrons. The number of aryl methyl sites for hydroxylation is 1. The van der Waals surface area contributed by atoms with Crippen LogP contribution in [0.5, 0.6) is 0 Å². The molecule has 0 spiro atoms. The first-order valence-electron chi connectivity index (χ1n) is 6.70. The van der Waals surface area contributed by atoms with E-state index in [0.717, 1.165) is 9.75 Å². The van der Waals surface area contributed by atoms with Gasteiger partial charge in [-0.1, -0.05) is 6.92 Å². The number of nitrogens with zero attached hydrogens (tertiary/aromatic N) is 2. The molecule has 1 aromatic rings. The fourth-order valence-electron chi connectivity index (χ4n) is 2.35. The molecule has 0 radical (unpaired) electrons. The Kier molecular flexibility index (Phi) is 6.15. The van der Waals surface area contributed by atoms with Gasteiger partial charge in [-0.3, -0.25) is 0 Å². The van der Waals surface area contributed by atoms with Gasteiger partial charge < -0.3 is 10.6 Å². The van der Waals surface area contributed by atoms with Crippen LogP contribution in [-0.4, -0.2) is 50.8 Å². The van der Waals surface area contributed by atoms with Crippen molar-refractivity contribution in [2.24, 2.45) is 5.73 Å². The molecule has 1 aromatic heterocycles. The summed E-state index contributed by atoms with van der Waals surface area (Å²) in [5.74, 6) is 0. The highest BCUT2D eigenvalue weighted by atomic mass is 32.2. The molecule has 0 bridgehead atoms. The van der Waals surface area contributed by atoms with E-state index in [1.165, 1.54) is 11.3 Å². The SMILES string of the molecule is CCN(C(C)CN(C)C)S(=O)(=O)c1cc(CN)sc1C. The first-order valence-corrected chi connectivity index (χ1v) is 8.95. The second kappa shape index (κ2) is 7.00. The summed E-state index contributed by atoms with van der Waals surface area (Å²) in [7, 11) is 0.433. The molecule has 1 unspecified atom stereocenters. The largest absolute Gasteiger partial charge is 0.326 e. The number of rotatable bonds is 7. The Morgan fingerprint density at radius 1 is 1.40 bits per heavy atom. The number of thiophene rings is 1. The number of hydrogen-bond donors (Lipinski definition) is 1. The van der Waals surface area contributed by atoms with E-state index in [1.807, 2.05) is 39.8 Å². The van der Waals surface area contributed by atoms with Gasteiger partial charge in [-0.2, -0.15) is 4.31 Å². The molecule has 0 aliphatic heterocycles. The lowest BCUT2D eigenvalue weighted by Crippen LogP contribution is -2.43. The van der Waals surface area contributed by atoms with Crippen LogP contribution in [0.2, 0.25) is 0 Å². The normalized spacial score (nSPS) is 14.2. The standard InChI is InChI=1S/C13H25N3O2S2/c1-6-16(10(2)9-15(4)5)20(17,18)13-7-12(8-14)19-11(13)3/h7,10H,6,8-9,14H2,1-5H3. The average molecular weight is 319 g/mol. The molecule has 7 heteroatoms. The molecular formula is C13H25N3O2S2. The Labute approximate surface area is 126 Å². The zero-order valence-corrected chi connectivity index (χ0v) is 14.5. The number of likely N-dealkylation sites (N-methyl/N-ethyl adjacent to an activating group) is 2. The predicted octanol–water partition coefficient (Wildman–Crippen LogP) is 1.48. The Morgan fingerprint density at radius 2 is 2.00 bits per heavy atom. The minimum atomic E-state index is -3.45. The van der Waals surface area contributed by atoms with Gasteiger partial charge in [-0.15, -0.1) is 11.3 Å². The molecule has 0 aliphatic rings. The van der Waals surface area contributed by atoms with Gasteiger partial charge in [0.25, 0.3) is 0 Å². The second-order valence-corrected chi connectivity index (χ2v) is 8.36. The van der Waals surface area contributed by atoms with E-state index in [0.29, 0.717) is 24.5 Å². The van der Waals surface area contributed by atoms with Crippen molar-refractivity contribution < 1.29 is 8.42 Å². The van der Waals surface area contributed by atoms with Gasteiger partial charge in [0, 0.05) is 35.4 Å². The molecule has 0 aromatic carbocycles. The fourth-order valence-corrected chi connectivity index (χ4v) is 5.46. The third-order valence-electron chi connectivity index (χ3n) is 3.14. The highest BCUT2D eigenvalue weighted by Gasteiger charge is 2.30. The van der Waals surface area contributed by atoms with Gasteiger partial charge in [-0.05, 0) is 34.0 Å². The second-order valence-electron chi connectivity index (χ2n) is 5.16. The lowest BCUT2D eigenvalue weighted by molar-refractivity contribution is 0.271. The third-order valence-corrected chi connectivity index (χ3v) is 6.56. The first-order chi connectivity index (χ1) is 9.23. The van der Waals surface area contributed by atoms with Crippen LogP contribution < -0.4 is 5.73 Å². The van der Waals surface area contributed by atoms with E-state index in [4.69, 9.17) is 5.73 Å². The van der Waals surface area contributed by atoms with Gasteiger partial charge in [0.05, 0.1) is 4.90 Å². The maximum absolute atomic E-state index is 12.8. The van der Waals surface area contributed by atoms with Crippen LogP contribution in [0.15, 0.2) is 11.0 Å². The van der Waals surface area contributed by atoms with E-state index >= 15 is 0 Å². The molecular weight excluding hydrogens is 294 g/mol. The zero-order chi connectivity index (χ0) is 15.5. The lowest BCUT2D eigenvalue weighted by Gasteiger charge is -2.29. The summed E-state index contributed by atoms with van der Waals surface area (Å²) >= 11 is 1.45. The maximum atomic E-state index is 12.8. The van der Waals surface area contributed by atoms with Crippen molar-refractivity contribution in [2.45, 2.75) is 38.3 Å². The smallest absolute Gasteiger partial charge is 0.244 e. The van der Waals surface area contributed by atoms with Crippen LogP contribution in [-0.2, 0) is 16.6 Å². The molecule has 0 saturated heterocycles. The molecule has 0 saturated carbocycles. The highest BCUT2D eigenvalue weighted by molar-refractivity contribution is 7.89. The fraction of sp³-hybridized carbons (Fsp3) is 0.692. The Morgan fingerprint density at radius 3 is 2.40 bits per heavy atom. The quantitative estimate of drug-likeness (QED) is 0.826. The molecule has 1 heterocycles. The van der Waals surface area contributed by atoms with Crippen molar-refractivity contribution in [2.75, 3.05) is 27.2 Å². The Balaban J connectivity index is 3.14. The molecule has 1 rings (SSSR count). The summed E-state index contributed by atoms with van der Waals surface area (Å²) < 4.78 is 27.2. The van der Waals surface area contributed by atoms with Crippen molar-refractivity contribution >= 4 is 21.4 Å². The van der Waals surface area contributed by atoms with E-state index in [2.05, 4.69) is 0 Å². The minimum Gasteiger partial charge on any atom is -0.326 e. The van der Waals surface area contributed by atoms with Gasteiger partial charge in [0.15, 0.2) is 0 Å². The van der Waals surface area contributed by atoms with E-state index in [-0.39, 0.29) is 6.04 Å². The van der Waals surface area contributed by atoms with Gasteiger partial charge >= 0.3 is 0 Å². The van der Waals surface area contributed by atoms with Crippen molar-refractivity contribution in [3.63, 3.8) is 0 Å². The monoisotopic (exact) mass is 319 g/mol. The highest BCUT2D eigenvalue weighted by Crippen LogP contribution is 2.28. The van der Waals surface area contributed by atoms with Gasteiger partial charge in [0.1, 0.15) is 0 Å². The van der Waals surface area contributed by atoms with E-state index in [9.17, 15) is 8.42 Å². The van der Waals surface area contributed by atoms with Crippen LogP contribution in [0.25, 0.3) is 0 Å².